The molecule has 7 heteroatoms. The van der Waals surface area contributed by atoms with Gasteiger partial charge in [-0.15, -0.1) is 0 Å². The smallest absolute Gasteiger partial charge is 0.481 e. The van der Waals surface area contributed by atoms with Gasteiger partial charge in [-0.05, 0) is 0 Å². The SMILES string of the molecule is O=C(O)CC(OC(=O)O)C(=O)O. The van der Waals surface area contributed by atoms with Crippen LogP contribution in [0.3, 0.4) is 0 Å². The lowest BCUT2D eigenvalue weighted by atomic mass is 10.2. The number of hydrogen-bond acceptors (Lipinski definition) is 4. The lowest BCUT2D eigenvalue weighted by Gasteiger charge is -2.07. The van der Waals surface area contributed by atoms with Gasteiger partial charge in [0.2, 0.25) is 6.10 Å². The Morgan fingerprint density at radius 2 is 1.67 bits per heavy atom. The molecular formula is C5H6O7. The fraction of sp³-hybridized carbons (Fsp3) is 0.400. The second-order valence-corrected chi connectivity index (χ2v) is 1.81. The van der Waals surface area contributed by atoms with E-state index in [2.05, 4.69) is 4.74 Å². The van der Waals surface area contributed by atoms with Crippen LogP contribution in [0.2, 0.25) is 0 Å². The van der Waals surface area contributed by atoms with E-state index in [9.17, 15) is 14.4 Å². The van der Waals surface area contributed by atoms with Crippen molar-refractivity contribution in [3.05, 3.63) is 0 Å². The molecule has 1 unspecified atom stereocenters. The highest BCUT2D eigenvalue weighted by Crippen LogP contribution is 1.99. The molecule has 0 bridgehead atoms. The molecule has 0 saturated carbocycles. The third-order valence-electron chi connectivity index (χ3n) is 0.879. The average Bonchev–Trinajstić information content (AvgIpc) is 1.83. The maximum Gasteiger partial charge on any atom is 0.506 e. The maximum absolute atomic E-state index is 10.1. The van der Waals surface area contributed by atoms with Crippen LogP contribution < -0.4 is 0 Å². The first kappa shape index (κ1) is 10.2. The summed E-state index contributed by atoms with van der Waals surface area (Å²) in [6.45, 7) is 0. The molecule has 0 aliphatic heterocycles. The van der Waals surface area contributed by atoms with Crippen molar-refractivity contribution in [2.75, 3.05) is 0 Å². The maximum atomic E-state index is 10.1. The van der Waals surface area contributed by atoms with E-state index in [0.29, 0.717) is 0 Å². The van der Waals surface area contributed by atoms with Gasteiger partial charge in [0, 0.05) is 0 Å². The molecule has 0 aromatic carbocycles. The van der Waals surface area contributed by atoms with Crippen LogP contribution >= 0.6 is 0 Å². The first-order chi connectivity index (χ1) is 5.43. The summed E-state index contributed by atoms with van der Waals surface area (Å²) < 4.78 is 3.76. The zero-order valence-electron chi connectivity index (χ0n) is 5.76. The van der Waals surface area contributed by atoms with Crippen molar-refractivity contribution in [1.29, 1.82) is 0 Å². The van der Waals surface area contributed by atoms with E-state index in [0.717, 1.165) is 0 Å². The third-order valence-corrected chi connectivity index (χ3v) is 0.879. The first-order valence-electron chi connectivity index (χ1n) is 2.77. The van der Waals surface area contributed by atoms with Crippen LogP contribution in [0.1, 0.15) is 6.42 Å². The zero-order chi connectivity index (χ0) is 9.72. The Kier molecular flexibility index (Phi) is 3.54. The average molecular weight is 178 g/mol. The van der Waals surface area contributed by atoms with E-state index in [-0.39, 0.29) is 0 Å². The predicted molar refractivity (Wildman–Crippen MR) is 32.8 cm³/mol. The van der Waals surface area contributed by atoms with Crippen molar-refractivity contribution >= 4 is 18.1 Å². The summed E-state index contributed by atoms with van der Waals surface area (Å²) in [4.78, 5) is 29.9. The fourth-order valence-electron chi connectivity index (χ4n) is 0.460. The Labute approximate surface area is 66.2 Å². The van der Waals surface area contributed by atoms with Gasteiger partial charge < -0.3 is 20.1 Å². The summed E-state index contributed by atoms with van der Waals surface area (Å²) in [5.74, 6) is -3.07. The summed E-state index contributed by atoms with van der Waals surface area (Å²) in [5.41, 5.74) is 0. The van der Waals surface area contributed by atoms with Gasteiger partial charge in [-0.25, -0.2) is 9.59 Å². The number of ether oxygens (including phenoxy) is 1. The summed E-state index contributed by atoms with van der Waals surface area (Å²) in [6.07, 6.45) is -4.55. The molecule has 0 aliphatic carbocycles. The molecule has 0 rings (SSSR count). The van der Waals surface area contributed by atoms with Gasteiger partial charge in [0.05, 0.1) is 6.42 Å². The lowest BCUT2D eigenvalue weighted by molar-refractivity contribution is -0.154. The summed E-state index contributed by atoms with van der Waals surface area (Å²) in [6, 6.07) is 0. The topological polar surface area (TPSA) is 121 Å². The van der Waals surface area contributed by atoms with Gasteiger partial charge in [0.15, 0.2) is 0 Å². The highest BCUT2D eigenvalue weighted by molar-refractivity contribution is 5.81. The minimum atomic E-state index is -1.85. The minimum Gasteiger partial charge on any atom is -0.481 e. The number of carbonyl (C=O) groups is 3. The Morgan fingerprint density at radius 3 is 1.92 bits per heavy atom. The van der Waals surface area contributed by atoms with Crippen LogP contribution in [0, 0.1) is 0 Å². The number of carboxylic acids is 2. The van der Waals surface area contributed by atoms with Gasteiger partial charge in [-0.2, -0.15) is 0 Å². The van der Waals surface area contributed by atoms with E-state index in [1.807, 2.05) is 0 Å². The number of rotatable bonds is 4. The molecule has 0 heterocycles. The summed E-state index contributed by atoms with van der Waals surface area (Å²) in [5, 5.41) is 24.3. The molecule has 1 atom stereocenters. The van der Waals surface area contributed by atoms with Crippen LogP contribution in [0.5, 0.6) is 0 Å². The third kappa shape index (κ3) is 4.09. The van der Waals surface area contributed by atoms with E-state index in [4.69, 9.17) is 15.3 Å². The molecule has 0 fully saturated rings. The van der Waals surface area contributed by atoms with E-state index < -0.39 is 30.6 Å². The zero-order valence-corrected chi connectivity index (χ0v) is 5.76. The molecule has 0 spiro atoms. The van der Waals surface area contributed by atoms with Crippen molar-refractivity contribution in [1.82, 2.24) is 0 Å². The molecular weight excluding hydrogens is 172 g/mol. The van der Waals surface area contributed by atoms with Crippen LogP contribution in [0.25, 0.3) is 0 Å². The van der Waals surface area contributed by atoms with Gasteiger partial charge in [0.25, 0.3) is 0 Å². The van der Waals surface area contributed by atoms with Crippen LogP contribution in [-0.4, -0.2) is 39.5 Å². The summed E-state index contributed by atoms with van der Waals surface area (Å²) >= 11 is 0. The monoisotopic (exact) mass is 178 g/mol. The van der Waals surface area contributed by atoms with Crippen LogP contribution in [0.4, 0.5) is 4.79 Å². The molecule has 0 aromatic heterocycles. The van der Waals surface area contributed by atoms with Crippen molar-refractivity contribution in [3.8, 4) is 0 Å². The highest BCUT2D eigenvalue weighted by Gasteiger charge is 2.24. The van der Waals surface area contributed by atoms with Crippen molar-refractivity contribution < 1.29 is 34.4 Å². The van der Waals surface area contributed by atoms with E-state index >= 15 is 0 Å². The Balaban J connectivity index is 4.14. The second kappa shape index (κ2) is 4.16. The molecule has 68 valence electrons. The molecule has 7 nitrogen and oxygen atoms in total. The number of hydrogen-bond donors (Lipinski definition) is 3. The fourth-order valence-corrected chi connectivity index (χ4v) is 0.460. The Bertz CT molecular complexity index is 192. The van der Waals surface area contributed by atoms with Gasteiger partial charge in [0.1, 0.15) is 0 Å². The molecule has 0 saturated heterocycles. The number of aliphatic carboxylic acids is 2. The van der Waals surface area contributed by atoms with Crippen molar-refractivity contribution in [2.24, 2.45) is 0 Å². The molecule has 3 N–H and O–H groups in total. The highest BCUT2D eigenvalue weighted by atomic mass is 16.7. The molecule has 12 heavy (non-hydrogen) atoms. The molecule has 0 amide bonds. The largest absolute Gasteiger partial charge is 0.506 e. The molecule has 0 aliphatic rings. The Hall–Kier alpha value is -1.79. The Morgan fingerprint density at radius 1 is 1.17 bits per heavy atom. The van der Waals surface area contributed by atoms with Gasteiger partial charge in [-0.1, -0.05) is 0 Å². The van der Waals surface area contributed by atoms with E-state index in [1.165, 1.54) is 0 Å². The quantitative estimate of drug-likeness (QED) is 0.501. The standard InChI is InChI=1S/C5H6O7/c6-3(7)1-2(4(8)9)12-5(10)11/h2H,1H2,(H,6,7)(H,8,9)(H,10,11). The van der Waals surface area contributed by atoms with Crippen molar-refractivity contribution in [3.63, 3.8) is 0 Å². The minimum absolute atomic E-state index is 0.887. The first-order valence-corrected chi connectivity index (χ1v) is 2.77. The van der Waals surface area contributed by atoms with Gasteiger partial charge >= 0.3 is 18.1 Å². The molecule has 0 radical (unpaired) electrons. The lowest BCUT2D eigenvalue weighted by Crippen LogP contribution is -2.28. The van der Waals surface area contributed by atoms with Crippen LogP contribution in [-0.2, 0) is 14.3 Å². The molecule has 0 aromatic rings. The van der Waals surface area contributed by atoms with Gasteiger partial charge in [-0.3, -0.25) is 4.79 Å². The normalized spacial score (nSPS) is 11.7. The number of carboxylic acid groups (broad SMARTS) is 3. The summed E-state index contributed by atoms with van der Waals surface area (Å²) in [7, 11) is 0. The second-order valence-electron chi connectivity index (χ2n) is 1.81. The van der Waals surface area contributed by atoms with E-state index in [1.54, 1.807) is 0 Å². The van der Waals surface area contributed by atoms with Crippen molar-refractivity contribution in [2.45, 2.75) is 12.5 Å². The van der Waals surface area contributed by atoms with Crippen LogP contribution in [0.15, 0.2) is 0 Å². The predicted octanol–water partition coefficient (Wildman–Crippen LogP) is -0.391.